The Balaban J connectivity index is 2.51. The third kappa shape index (κ3) is 3.08. The Labute approximate surface area is 76.6 Å². The van der Waals surface area contributed by atoms with E-state index in [1.54, 1.807) is 0 Å². The highest BCUT2D eigenvalue weighted by Crippen LogP contribution is 1.97. The molecule has 0 fully saturated rings. The Morgan fingerprint density at radius 2 is 1.82 bits per heavy atom. The molecule has 0 aliphatic carbocycles. The van der Waals surface area contributed by atoms with Crippen LogP contribution < -0.4 is 4.57 Å². The molecule has 1 atom stereocenters. The fourth-order valence-corrected chi connectivity index (χ4v) is 1.09. The highest BCUT2D eigenvalue weighted by Gasteiger charge is 2.07. The monoisotopic (exact) mass is 190 g/mol. The topological polar surface area (TPSA) is 3.88 Å². The summed E-state index contributed by atoms with van der Waals surface area (Å²) in [5, 5.41) is 0.0177. The summed E-state index contributed by atoms with van der Waals surface area (Å²) in [4.78, 5) is 0. The molecule has 1 rings (SSSR count). The van der Waals surface area contributed by atoms with Crippen LogP contribution in [0.5, 0.6) is 0 Å². The zero-order valence-corrected chi connectivity index (χ0v) is 7.59. The summed E-state index contributed by atoms with van der Waals surface area (Å²) in [7, 11) is 0. The third-order valence-corrected chi connectivity index (χ3v) is 2.18. The van der Waals surface area contributed by atoms with Crippen LogP contribution >= 0.6 is 23.2 Å². The molecule has 0 N–H and O–H groups in total. The molecule has 1 nitrogen and oxygen atoms in total. The lowest BCUT2D eigenvalue weighted by molar-refractivity contribution is -0.696. The van der Waals surface area contributed by atoms with Crippen LogP contribution in [-0.2, 0) is 6.54 Å². The number of alkyl halides is 2. The fourth-order valence-electron chi connectivity index (χ4n) is 0.834. The molecule has 0 saturated carbocycles. The average molecular weight is 191 g/mol. The first-order valence-corrected chi connectivity index (χ1v) is 4.44. The van der Waals surface area contributed by atoms with Crippen LogP contribution in [0.2, 0.25) is 0 Å². The first-order chi connectivity index (χ1) is 5.33. The van der Waals surface area contributed by atoms with Gasteiger partial charge in [0, 0.05) is 18.0 Å². The van der Waals surface area contributed by atoms with E-state index in [9.17, 15) is 0 Å². The number of aromatic nitrogens is 1. The van der Waals surface area contributed by atoms with Crippen LogP contribution in [0.15, 0.2) is 30.6 Å². The number of rotatable bonds is 3. The zero-order valence-electron chi connectivity index (χ0n) is 6.08. The lowest BCUT2D eigenvalue weighted by atomic mass is 10.4. The van der Waals surface area contributed by atoms with Crippen molar-refractivity contribution in [3.8, 4) is 0 Å². The van der Waals surface area contributed by atoms with Crippen molar-refractivity contribution in [1.82, 2.24) is 0 Å². The van der Waals surface area contributed by atoms with Gasteiger partial charge in [0.1, 0.15) is 5.38 Å². The first kappa shape index (κ1) is 8.82. The molecular weight excluding hydrogens is 181 g/mol. The van der Waals surface area contributed by atoms with Gasteiger partial charge in [0.25, 0.3) is 0 Å². The molecule has 0 bridgehead atoms. The van der Waals surface area contributed by atoms with E-state index in [-0.39, 0.29) is 5.38 Å². The molecule has 1 heterocycles. The minimum atomic E-state index is 0.0177. The van der Waals surface area contributed by atoms with E-state index < -0.39 is 0 Å². The summed E-state index contributed by atoms with van der Waals surface area (Å²) >= 11 is 11.4. The average Bonchev–Trinajstić information content (AvgIpc) is 2.06. The van der Waals surface area contributed by atoms with Crippen molar-refractivity contribution in [2.75, 3.05) is 5.88 Å². The van der Waals surface area contributed by atoms with Gasteiger partial charge in [-0.3, -0.25) is 0 Å². The lowest BCUT2D eigenvalue weighted by Crippen LogP contribution is -2.37. The normalized spacial score (nSPS) is 12.9. The maximum atomic E-state index is 5.85. The van der Waals surface area contributed by atoms with Crippen molar-refractivity contribution >= 4 is 23.2 Å². The Morgan fingerprint density at radius 1 is 1.18 bits per heavy atom. The SMILES string of the molecule is ClCC(Cl)C[n+]1ccccc1. The third-order valence-electron chi connectivity index (χ3n) is 1.35. The van der Waals surface area contributed by atoms with E-state index in [0.29, 0.717) is 5.88 Å². The minimum Gasteiger partial charge on any atom is -0.204 e. The molecule has 0 radical (unpaired) electrons. The number of hydrogen-bond acceptors (Lipinski definition) is 0. The largest absolute Gasteiger partial charge is 0.204 e. The molecule has 3 heteroatoms. The predicted octanol–water partition coefficient (Wildman–Crippen LogP) is 1.82. The van der Waals surface area contributed by atoms with Gasteiger partial charge in [-0.1, -0.05) is 6.07 Å². The standard InChI is InChI=1S/C8H10Cl2N/c9-6-8(10)7-11-4-2-1-3-5-11/h1-5,8H,6-7H2/q+1. The summed E-state index contributed by atoms with van der Waals surface area (Å²) in [6.45, 7) is 0.770. The van der Waals surface area contributed by atoms with Crippen LogP contribution in [0.3, 0.4) is 0 Å². The summed E-state index contributed by atoms with van der Waals surface area (Å²) in [6, 6.07) is 5.91. The molecule has 0 spiro atoms. The van der Waals surface area contributed by atoms with Gasteiger partial charge in [-0.25, -0.2) is 4.57 Å². The van der Waals surface area contributed by atoms with E-state index in [0.717, 1.165) is 6.54 Å². The van der Waals surface area contributed by atoms with Gasteiger partial charge in [-0.2, -0.15) is 0 Å². The number of nitrogens with zero attached hydrogens (tertiary/aromatic N) is 1. The van der Waals surface area contributed by atoms with E-state index in [2.05, 4.69) is 0 Å². The summed E-state index contributed by atoms with van der Waals surface area (Å²) in [6.07, 6.45) is 3.95. The zero-order chi connectivity index (χ0) is 8.10. The van der Waals surface area contributed by atoms with Crippen molar-refractivity contribution < 1.29 is 4.57 Å². The second kappa shape index (κ2) is 4.58. The molecule has 0 aliphatic rings. The van der Waals surface area contributed by atoms with Crippen LogP contribution in [0.1, 0.15) is 0 Å². The fraction of sp³-hybridized carbons (Fsp3) is 0.375. The van der Waals surface area contributed by atoms with Gasteiger partial charge < -0.3 is 0 Å². The molecule has 1 aromatic heterocycles. The van der Waals surface area contributed by atoms with Gasteiger partial charge in [0.15, 0.2) is 18.9 Å². The summed E-state index contributed by atoms with van der Waals surface area (Å²) in [5.74, 6) is 0.490. The van der Waals surface area contributed by atoms with Crippen molar-refractivity contribution in [2.24, 2.45) is 0 Å². The number of halogens is 2. The molecule has 11 heavy (non-hydrogen) atoms. The van der Waals surface area contributed by atoms with Crippen LogP contribution in [-0.4, -0.2) is 11.3 Å². The van der Waals surface area contributed by atoms with E-state index in [4.69, 9.17) is 23.2 Å². The van der Waals surface area contributed by atoms with Gasteiger partial charge >= 0.3 is 0 Å². The second-order valence-corrected chi connectivity index (χ2v) is 3.25. The van der Waals surface area contributed by atoms with Gasteiger partial charge in [-0.15, -0.1) is 23.2 Å². The Kier molecular flexibility index (Phi) is 3.67. The smallest absolute Gasteiger partial charge is 0.168 e. The van der Waals surface area contributed by atoms with Crippen molar-refractivity contribution in [3.05, 3.63) is 30.6 Å². The molecule has 0 aliphatic heterocycles. The molecule has 60 valence electrons. The Bertz CT molecular complexity index is 201. The van der Waals surface area contributed by atoms with Crippen molar-refractivity contribution in [2.45, 2.75) is 11.9 Å². The maximum Gasteiger partial charge on any atom is 0.168 e. The summed E-state index contributed by atoms with van der Waals surface area (Å²) in [5.41, 5.74) is 0. The molecular formula is C8H10Cl2N+. The van der Waals surface area contributed by atoms with E-state index in [1.165, 1.54) is 0 Å². The highest BCUT2D eigenvalue weighted by molar-refractivity contribution is 6.27. The lowest BCUT2D eigenvalue weighted by Gasteiger charge is -1.99. The van der Waals surface area contributed by atoms with Gasteiger partial charge in [0.05, 0.1) is 0 Å². The number of pyridine rings is 1. The molecule has 0 amide bonds. The maximum absolute atomic E-state index is 5.85. The quantitative estimate of drug-likeness (QED) is 0.506. The van der Waals surface area contributed by atoms with Gasteiger partial charge in [0.2, 0.25) is 0 Å². The van der Waals surface area contributed by atoms with E-state index in [1.807, 2.05) is 35.2 Å². The summed E-state index contributed by atoms with van der Waals surface area (Å²) < 4.78 is 2.01. The highest BCUT2D eigenvalue weighted by atomic mass is 35.5. The molecule has 1 aromatic rings. The Morgan fingerprint density at radius 3 is 2.36 bits per heavy atom. The van der Waals surface area contributed by atoms with Crippen molar-refractivity contribution in [3.63, 3.8) is 0 Å². The number of hydrogen-bond donors (Lipinski definition) is 0. The molecule has 0 saturated heterocycles. The Hall–Kier alpha value is -0.270. The van der Waals surface area contributed by atoms with Gasteiger partial charge in [-0.05, 0) is 0 Å². The van der Waals surface area contributed by atoms with E-state index >= 15 is 0 Å². The predicted molar refractivity (Wildman–Crippen MR) is 47.0 cm³/mol. The molecule has 1 unspecified atom stereocenters. The van der Waals surface area contributed by atoms with Crippen LogP contribution in [0.25, 0.3) is 0 Å². The van der Waals surface area contributed by atoms with Crippen LogP contribution in [0.4, 0.5) is 0 Å². The second-order valence-electron chi connectivity index (χ2n) is 2.32. The first-order valence-electron chi connectivity index (χ1n) is 3.47. The van der Waals surface area contributed by atoms with Crippen LogP contribution in [0, 0.1) is 0 Å². The molecule has 0 aromatic carbocycles. The minimum absolute atomic E-state index is 0.0177. The van der Waals surface area contributed by atoms with Crippen molar-refractivity contribution in [1.29, 1.82) is 0 Å².